The summed E-state index contributed by atoms with van der Waals surface area (Å²) in [6.07, 6.45) is -0.189. The van der Waals surface area contributed by atoms with Gasteiger partial charge in [0, 0.05) is 25.1 Å². The number of unbranched alkanes of at least 4 members (excludes halogenated alkanes) is 1. The van der Waals surface area contributed by atoms with Crippen LogP contribution < -0.4 is 43.8 Å². The van der Waals surface area contributed by atoms with E-state index in [9.17, 15) is 48.9 Å². The minimum absolute atomic E-state index is 0.0290. The number of phenolic OH excluding ortho intramolecular Hbond substituents is 1. The van der Waals surface area contributed by atoms with Gasteiger partial charge < -0.3 is 59.1 Å². The molecule has 5 amide bonds. The zero-order valence-corrected chi connectivity index (χ0v) is 35.1. The van der Waals surface area contributed by atoms with Gasteiger partial charge in [0.05, 0.1) is 6.04 Å². The van der Waals surface area contributed by atoms with Crippen molar-refractivity contribution in [2.45, 2.75) is 88.1 Å². The highest BCUT2D eigenvalue weighted by Crippen LogP contribution is 2.20. The van der Waals surface area contributed by atoms with Gasteiger partial charge in [-0.2, -0.15) is 12.6 Å². The van der Waals surface area contributed by atoms with E-state index in [0.717, 1.165) is 11.1 Å². The molecule has 0 aromatic heterocycles. The third-order valence-electron chi connectivity index (χ3n) is 9.52. The Morgan fingerprint density at radius 2 is 1.15 bits per heavy atom. The van der Waals surface area contributed by atoms with Crippen molar-refractivity contribution in [3.63, 3.8) is 0 Å². The molecule has 3 aromatic carbocycles. The number of rotatable bonds is 25. The van der Waals surface area contributed by atoms with E-state index in [2.05, 4.69) is 44.2 Å². The number of nitrogens with two attached hydrogens (primary N) is 3. The number of amides is 5. The average molecular weight is 878 g/mol. The summed E-state index contributed by atoms with van der Waals surface area (Å²) in [7, 11) is 0. The number of aromatic hydroxyl groups is 1. The minimum atomic E-state index is -1.53. The number of phenols is 1. The van der Waals surface area contributed by atoms with Gasteiger partial charge in [0.15, 0.2) is 5.96 Å². The molecule has 3 rings (SSSR count). The number of carboxylic acids is 2. The fourth-order valence-corrected chi connectivity index (χ4v) is 6.29. The number of carbonyl (C=O) groups is 7. The first-order valence-corrected chi connectivity index (χ1v) is 20.4. The molecule has 0 radical (unpaired) electrons. The van der Waals surface area contributed by atoms with Crippen LogP contribution in [-0.2, 0) is 46.4 Å². The zero-order valence-electron chi connectivity index (χ0n) is 34.2. The number of aliphatic imine (C=N–C) groups is 1. The lowest BCUT2D eigenvalue weighted by atomic mass is 9.99. The molecular formula is C42H55N9O10S. The predicted octanol–water partition coefficient (Wildman–Crippen LogP) is -0.0615. The van der Waals surface area contributed by atoms with Crippen LogP contribution in [0.15, 0.2) is 83.9 Å². The number of hydrogen-bond acceptors (Lipinski definition) is 11. The number of guanidine groups is 1. The van der Waals surface area contributed by atoms with Crippen LogP contribution >= 0.6 is 12.6 Å². The molecule has 0 bridgehead atoms. The van der Waals surface area contributed by atoms with Crippen LogP contribution in [0.25, 0.3) is 11.1 Å². The molecule has 0 spiro atoms. The van der Waals surface area contributed by atoms with Crippen LogP contribution in [0.5, 0.6) is 5.75 Å². The highest BCUT2D eigenvalue weighted by molar-refractivity contribution is 7.80. The molecule has 3 aromatic rings. The Morgan fingerprint density at radius 1 is 0.629 bits per heavy atom. The van der Waals surface area contributed by atoms with E-state index < -0.39 is 90.6 Å². The largest absolute Gasteiger partial charge is 0.508 e. The number of carboxylic acid groups (broad SMARTS) is 2. The van der Waals surface area contributed by atoms with Crippen molar-refractivity contribution in [3.05, 3.63) is 90.0 Å². The highest BCUT2D eigenvalue weighted by atomic mass is 32.1. The summed E-state index contributed by atoms with van der Waals surface area (Å²) in [5.74, 6) is -7.13. The Balaban J connectivity index is 1.92. The van der Waals surface area contributed by atoms with Crippen molar-refractivity contribution in [3.8, 4) is 16.9 Å². The molecule has 0 unspecified atom stereocenters. The summed E-state index contributed by atoms with van der Waals surface area (Å²) < 4.78 is 0. The lowest BCUT2D eigenvalue weighted by molar-refractivity contribution is -0.141. The second-order valence-electron chi connectivity index (χ2n) is 14.5. The lowest BCUT2D eigenvalue weighted by Crippen LogP contribution is -2.59. The fourth-order valence-electron chi connectivity index (χ4n) is 6.05. The van der Waals surface area contributed by atoms with Crippen molar-refractivity contribution in [2.24, 2.45) is 22.2 Å². The minimum Gasteiger partial charge on any atom is -0.508 e. The smallest absolute Gasteiger partial charge is 0.327 e. The van der Waals surface area contributed by atoms with Crippen LogP contribution in [-0.4, -0.2) is 111 Å². The van der Waals surface area contributed by atoms with Gasteiger partial charge in [-0.1, -0.05) is 66.7 Å². The normalized spacial score (nSPS) is 13.7. The Labute approximate surface area is 364 Å². The van der Waals surface area contributed by atoms with Crippen molar-refractivity contribution >= 4 is 60.1 Å². The van der Waals surface area contributed by atoms with Crippen LogP contribution in [0.1, 0.15) is 50.2 Å². The maximum atomic E-state index is 14.2. The van der Waals surface area contributed by atoms with Gasteiger partial charge in [0.2, 0.25) is 29.5 Å². The van der Waals surface area contributed by atoms with Gasteiger partial charge in [-0.05, 0) is 73.4 Å². The maximum Gasteiger partial charge on any atom is 0.327 e. The number of hydrogen-bond donors (Lipinski definition) is 12. The van der Waals surface area contributed by atoms with Gasteiger partial charge in [0.1, 0.15) is 36.0 Å². The quantitative estimate of drug-likeness (QED) is 0.0230. The molecule has 0 heterocycles. The lowest BCUT2D eigenvalue weighted by Gasteiger charge is -2.27. The van der Waals surface area contributed by atoms with Gasteiger partial charge in [-0.15, -0.1) is 0 Å². The van der Waals surface area contributed by atoms with Crippen LogP contribution in [0.3, 0.4) is 0 Å². The Morgan fingerprint density at radius 3 is 1.74 bits per heavy atom. The molecule has 0 aliphatic heterocycles. The van der Waals surface area contributed by atoms with Crippen molar-refractivity contribution in [1.29, 1.82) is 0 Å². The second kappa shape index (κ2) is 25.2. The summed E-state index contributed by atoms with van der Waals surface area (Å²) in [6, 6.07) is 14.8. The number of thiol groups is 1. The summed E-state index contributed by atoms with van der Waals surface area (Å²) in [4.78, 5) is 94.9. The number of nitrogens with zero attached hydrogens (tertiary/aromatic N) is 1. The highest BCUT2D eigenvalue weighted by Gasteiger charge is 2.32. The number of carbonyl (C=O) groups excluding carboxylic acids is 5. The van der Waals surface area contributed by atoms with Gasteiger partial charge >= 0.3 is 11.9 Å². The molecule has 20 heteroatoms. The number of benzene rings is 3. The first-order chi connectivity index (χ1) is 29.5. The van der Waals surface area contributed by atoms with Crippen LogP contribution in [0.2, 0.25) is 0 Å². The SMILES string of the molecule is C[C@H](NC(=O)[C@H](CCC(=O)O)NC(=O)[C@H](Cc1ccc(-c2ccccc2)cc1)NC(=O)[C@H](CCCCN=C(N)N)NC(=O)[C@@H](N)Cc1ccc(O)cc1)C(=O)N[C@H](CS)C(=O)O. The van der Waals surface area contributed by atoms with Crippen molar-refractivity contribution < 1.29 is 48.9 Å². The molecule has 6 atom stereocenters. The molecule has 0 aliphatic carbocycles. The van der Waals surface area contributed by atoms with Crippen molar-refractivity contribution in [2.75, 3.05) is 12.3 Å². The monoisotopic (exact) mass is 877 g/mol. The topological polar surface area (TPSA) is 331 Å². The van der Waals surface area contributed by atoms with Crippen LogP contribution in [0, 0.1) is 0 Å². The average Bonchev–Trinajstić information content (AvgIpc) is 3.24. The molecule has 0 saturated heterocycles. The summed E-state index contributed by atoms with van der Waals surface area (Å²) >= 11 is 3.91. The molecule has 0 aliphatic rings. The van der Waals surface area contributed by atoms with E-state index in [1.807, 2.05) is 42.5 Å². The molecule has 62 heavy (non-hydrogen) atoms. The molecule has 334 valence electrons. The maximum absolute atomic E-state index is 14.2. The Hall–Kier alpha value is -6.67. The third kappa shape index (κ3) is 17.1. The summed E-state index contributed by atoms with van der Waals surface area (Å²) in [6.45, 7) is 1.51. The predicted molar refractivity (Wildman–Crippen MR) is 234 cm³/mol. The number of aliphatic carboxylic acids is 2. The second-order valence-corrected chi connectivity index (χ2v) is 14.8. The zero-order chi connectivity index (χ0) is 45.8. The van der Waals surface area contributed by atoms with E-state index in [4.69, 9.17) is 17.2 Å². The molecule has 0 fully saturated rings. The molecule has 14 N–H and O–H groups in total. The number of nitrogens with one attached hydrogen (secondary N) is 5. The Kier molecular flexibility index (Phi) is 20.2. The molecule has 0 saturated carbocycles. The fraction of sp³-hybridized carbons (Fsp3) is 0.381. The van der Waals surface area contributed by atoms with E-state index >= 15 is 0 Å². The van der Waals surface area contributed by atoms with E-state index in [1.165, 1.54) is 19.1 Å². The van der Waals surface area contributed by atoms with Crippen molar-refractivity contribution in [1.82, 2.24) is 26.6 Å². The van der Waals surface area contributed by atoms with Gasteiger partial charge in [-0.3, -0.25) is 33.8 Å². The standard InChI is InChI=1S/C42H55N9O10S/c1-24(36(55)51-34(23-62)41(60)61)47-38(57)32(18-19-35(53)54)49-40(59)33(22-26-10-14-28(15-11-26)27-7-3-2-4-8-27)50-39(58)31(9-5-6-20-46-42(44)45)48-37(56)30(43)21-25-12-16-29(52)17-13-25/h2-4,7-8,10-17,24,30-34,52,62H,5-6,9,18-23,43H2,1H3,(H,47,57)(H,48,56)(H,49,59)(H,50,58)(H,51,55)(H,53,54)(H,60,61)(H4,44,45,46)/t24-,30-,31-,32-,33-,34+/m0/s1. The Bertz CT molecular complexity index is 2020. The summed E-state index contributed by atoms with van der Waals surface area (Å²) in [5.41, 5.74) is 20.2. The first kappa shape index (κ1) is 49.7. The van der Waals surface area contributed by atoms with Gasteiger partial charge in [0.25, 0.3) is 0 Å². The van der Waals surface area contributed by atoms with E-state index in [0.29, 0.717) is 24.0 Å². The first-order valence-electron chi connectivity index (χ1n) is 19.8. The van der Waals surface area contributed by atoms with Gasteiger partial charge in [-0.25, -0.2) is 4.79 Å². The molecule has 19 nitrogen and oxygen atoms in total. The third-order valence-corrected chi connectivity index (χ3v) is 9.89. The summed E-state index contributed by atoms with van der Waals surface area (Å²) in [5, 5.41) is 40.9. The van der Waals surface area contributed by atoms with Crippen LogP contribution in [0.4, 0.5) is 0 Å². The van der Waals surface area contributed by atoms with E-state index in [1.54, 1.807) is 24.3 Å². The van der Waals surface area contributed by atoms with E-state index in [-0.39, 0.29) is 43.3 Å². The molecular weight excluding hydrogens is 823 g/mol.